The third kappa shape index (κ3) is 1.99. The highest BCUT2D eigenvalue weighted by molar-refractivity contribution is 5.45. The van der Waals surface area contributed by atoms with Crippen LogP contribution in [0.1, 0.15) is 38.3 Å². The molecule has 2 aliphatic heterocycles. The average Bonchev–Trinajstić information content (AvgIpc) is 2.62. The number of anilines is 1. The largest absolute Gasteiger partial charge is 0.348 e. The molecular weight excluding hydrogens is 224 g/mol. The van der Waals surface area contributed by atoms with E-state index >= 15 is 0 Å². The molecule has 0 N–H and O–H groups in total. The van der Waals surface area contributed by atoms with E-state index in [1.165, 1.54) is 12.8 Å². The molecule has 2 unspecified atom stereocenters. The van der Waals surface area contributed by atoms with Gasteiger partial charge in [-0.2, -0.15) is 0 Å². The zero-order chi connectivity index (χ0) is 12.7. The van der Waals surface area contributed by atoms with E-state index in [-0.39, 0.29) is 0 Å². The summed E-state index contributed by atoms with van der Waals surface area (Å²) < 4.78 is 0. The van der Waals surface area contributed by atoms with Crippen molar-refractivity contribution in [2.75, 3.05) is 25.0 Å². The smallest absolute Gasteiger partial charge is 0.132 e. The van der Waals surface area contributed by atoms with Gasteiger partial charge in [-0.25, -0.2) is 9.97 Å². The van der Waals surface area contributed by atoms with Gasteiger partial charge in [0.25, 0.3) is 0 Å². The Morgan fingerprint density at radius 2 is 1.83 bits per heavy atom. The summed E-state index contributed by atoms with van der Waals surface area (Å²) in [5.74, 6) is 1.60. The molecule has 18 heavy (non-hydrogen) atoms. The fraction of sp³-hybridized carbons (Fsp3) is 0.714. The van der Waals surface area contributed by atoms with Crippen LogP contribution in [0.4, 0.5) is 5.82 Å². The third-order valence-corrected chi connectivity index (χ3v) is 4.19. The maximum absolute atomic E-state index is 4.51. The Morgan fingerprint density at radius 1 is 1.17 bits per heavy atom. The molecule has 4 heteroatoms. The molecule has 2 fully saturated rings. The Labute approximate surface area is 109 Å². The number of likely N-dealkylation sites (tertiary alicyclic amines) is 1. The van der Waals surface area contributed by atoms with Crippen LogP contribution in [-0.4, -0.2) is 47.1 Å². The van der Waals surface area contributed by atoms with Crippen molar-refractivity contribution in [1.29, 1.82) is 0 Å². The minimum absolute atomic E-state index is 0.469. The van der Waals surface area contributed by atoms with Gasteiger partial charge < -0.3 is 9.80 Å². The quantitative estimate of drug-likeness (QED) is 0.797. The molecule has 2 bridgehead atoms. The summed E-state index contributed by atoms with van der Waals surface area (Å²) in [6.45, 7) is 6.70. The van der Waals surface area contributed by atoms with Crippen LogP contribution < -0.4 is 4.90 Å². The summed E-state index contributed by atoms with van der Waals surface area (Å²) in [5.41, 5.74) is 1.15. The van der Waals surface area contributed by atoms with Crippen molar-refractivity contribution >= 4 is 5.82 Å². The molecule has 0 aliphatic carbocycles. The van der Waals surface area contributed by atoms with Gasteiger partial charge in [0.1, 0.15) is 12.1 Å². The second kappa shape index (κ2) is 4.50. The van der Waals surface area contributed by atoms with Gasteiger partial charge in [0, 0.05) is 36.9 Å². The first-order valence-corrected chi connectivity index (χ1v) is 6.94. The first kappa shape index (κ1) is 11.9. The summed E-state index contributed by atoms with van der Waals surface area (Å²) in [5, 5.41) is 0. The maximum atomic E-state index is 4.51. The van der Waals surface area contributed by atoms with Crippen molar-refractivity contribution < 1.29 is 0 Å². The Balaban J connectivity index is 1.89. The molecule has 2 aliphatic rings. The molecule has 2 saturated heterocycles. The van der Waals surface area contributed by atoms with Crippen LogP contribution in [0.15, 0.2) is 12.4 Å². The monoisotopic (exact) mass is 246 g/mol. The van der Waals surface area contributed by atoms with E-state index in [2.05, 4.69) is 46.7 Å². The predicted molar refractivity (Wildman–Crippen MR) is 72.9 cm³/mol. The van der Waals surface area contributed by atoms with Gasteiger partial charge in [0.2, 0.25) is 0 Å². The number of rotatable bonds is 2. The van der Waals surface area contributed by atoms with Crippen molar-refractivity contribution in [2.45, 2.75) is 44.7 Å². The van der Waals surface area contributed by atoms with Crippen molar-refractivity contribution in [3.05, 3.63) is 18.1 Å². The van der Waals surface area contributed by atoms with E-state index in [9.17, 15) is 0 Å². The highest BCUT2D eigenvalue weighted by Crippen LogP contribution is 2.33. The number of piperazine rings is 1. The third-order valence-electron chi connectivity index (χ3n) is 4.19. The first-order valence-electron chi connectivity index (χ1n) is 6.94. The number of likely N-dealkylation sites (N-methyl/N-ethyl adjacent to an activating group) is 1. The SMILES string of the molecule is CC(C)c1cc(N2C3CCC2CN(C)C3)ncn1. The molecule has 3 rings (SSSR count). The molecule has 98 valence electrons. The Hall–Kier alpha value is -1.16. The van der Waals surface area contributed by atoms with Gasteiger partial charge in [0.15, 0.2) is 0 Å². The Bertz CT molecular complexity index is 418. The van der Waals surface area contributed by atoms with Crippen molar-refractivity contribution in [1.82, 2.24) is 14.9 Å². The summed E-state index contributed by atoms with van der Waals surface area (Å²) in [6, 6.07) is 3.47. The van der Waals surface area contributed by atoms with Crippen molar-refractivity contribution in [2.24, 2.45) is 0 Å². The van der Waals surface area contributed by atoms with Gasteiger partial charge in [-0.15, -0.1) is 0 Å². The predicted octanol–water partition coefficient (Wildman–Crippen LogP) is 1.88. The molecule has 3 heterocycles. The van der Waals surface area contributed by atoms with Gasteiger partial charge in [-0.3, -0.25) is 0 Å². The van der Waals surface area contributed by atoms with Crippen LogP contribution in [-0.2, 0) is 0 Å². The Kier molecular flexibility index (Phi) is 2.98. The molecule has 4 nitrogen and oxygen atoms in total. The minimum atomic E-state index is 0.469. The lowest BCUT2D eigenvalue weighted by Crippen LogP contribution is -2.52. The molecular formula is C14H22N4. The normalized spacial score (nSPS) is 28.1. The van der Waals surface area contributed by atoms with E-state index < -0.39 is 0 Å². The minimum Gasteiger partial charge on any atom is -0.348 e. The average molecular weight is 246 g/mol. The molecule has 0 spiro atoms. The second-order valence-corrected chi connectivity index (χ2v) is 5.97. The van der Waals surface area contributed by atoms with Gasteiger partial charge in [0.05, 0.1) is 0 Å². The van der Waals surface area contributed by atoms with Gasteiger partial charge in [-0.1, -0.05) is 13.8 Å². The van der Waals surface area contributed by atoms with E-state index in [0.29, 0.717) is 18.0 Å². The number of nitrogens with zero attached hydrogens (tertiary/aromatic N) is 4. The van der Waals surface area contributed by atoms with Crippen LogP contribution in [0.3, 0.4) is 0 Å². The highest BCUT2D eigenvalue weighted by atomic mass is 15.3. The zero-order valence-electron chi connectivity index (χ0n) is 11.5. The standard InChI is InChI=1S/C14H22N4/c1-10(2)13-6-14(16-9-15-13)18-11-4-5-12(18)8-17(3)7-11/h6,9-12H,4-5,7-8H2,1-3H3. The van der Waals surface area contributed by atoms with E-state index in [0.717, 1.165) is 24.6 Å². The van der Waals surface area contributed by atoms with Crippen LogP contribution in [0.5, 0.6) is 0 Å². The van der Waals surface area contributed by atoms with Crippen LogP contribution in [0, 0.1) is 0 Å². The van der Waals surface area contributed by atoms with Crippen LogP contribution >= 0.6 is 0 Å². The summed E-state index contributed by atoms with van der Waals surface area (Å²) in [4.78, 5) is 13.9. The molecule has 0 saturated carbocycles. The fourth-order valence-electron chi connectivity index (χ4n) is 3.31. The van der Waals surface area contributed by atoms with E-state index in [1.807, 2.05) is 0 Å². The fourth-order valence-corrected chi connectivity index (χ4v) is 3.31. The molecule has 0 radical (unpaired) electrons. The number of fused-ring (bicyclic) bond motifs is 2. The lowest BCUT2D eigenvalue weighted by Gasteiger charge is -2.40. The van der Waals surface area contributed by atoms with Gasteiger partial charge >= 0.3 is 0 Å². The maximum Gasteiger partial charge on any atom is 0.132 e. The first-order chi connectivity index (χ1) is 8.65. The topological polar surface area (TPSA) is 32.3 Å². The van der Waals surface area contributed by atoms with Gasteiger partial charge in [-0.05, 0) is 25.8 Å². The van der Waals surface area contributed by atoms with Crippen molar-refractivity contribution in [3.63, 3.8) is 0 Å². The molecule has 1 aromatic rings. The second-order valence-electron chi connectivity index (χ2n) is 5.97. The van der Waals surface area contributed by atoms with Crippen molar-refractivity contribution in [3.8, 4) is 0 Å². The highest BCUT2D eigenvalue weighted by Gasteiger charge is 2.39. The number of aromatic nitrogens is 2. The number of hydrogen-bond acceptors (Lipinski definition) is 4. The number of hydrogen-bond donors (Lipinski definition) is 0. The van der Waals surface area contributed by atoms with E-state index in [4.69, 9.17) is 0 Å². The van der Waals surface area contributed by atoms with Crippen LogP contribution in [0.25, 0.3) is 0 Å². The lowest BCUT2D eigenvalue weighted by atomic mass is 10.1. The summed E-state index contributed by atoms with van der Waals surface area (Å²) in [7, 11) is 2.22. The molecule has 0 aromatic carbocycles. The summed E-state index contributed by atoms with van der Waals surface area (Å²) >= 11 is 0. The Morgan fingerprint density at radius 3 is 2.44 bits per heavy atom. The molecule has 2 atom stereocenters. The summed E-state index contributed by atoms with van der Waals surface area (Å²) in [6.07, 6.45) is 4.33. The van der Waals surface area contributed by atoms with Crippen LogP contribution in [0.2, 0.25) is 0 Å². The molecule has 1 aromatic heterocycles. The molecule has 0 amide bonds. The van der Waals surface area contributed by atoms with E-state index in [1.54, 1.807) is 6.33 Å². The lowest BCUT2D eigenvalue weighted by molar-refractivity contribution is 0.263. The zero-order valence-corrected chi connectivity index (χ0v) is 11.5.